The fourth-order valence-corrected chi connectivity index (χ4v) is 5.06. The number of hydrogen-bond acceptors (Lipinski definition) is 7. The number of anilines is 1. The molecule has 0 saturated heterocycles. The molecule has 33 heavy (non-hydrogen) atoms. The van der Waals surface area contributed by atoms with Crippen molar-refractivity contribution in [3.05, 3.63) is 58.3 Å². The van der Waals surface area contributed by atoms with Crippen LogP contribution in [-0.4, -0.2) is 33.2 Å². The van der Waals surface area contributed by atoms with Crippen LogP contribution in [0.1, 0.15) is 31.5 Å². The Morgan fingerprint density at radius 3 is 2.85 bits per heavy atom. The summed E-state index contributed by atoms with van der Waals surface area (Å²) in [7, 11) is 1.58. The summed E-state index contributed by atoms with van der Waals surface area (Å²) in [5.41, 5.74) is 2.83. The minimum atomic E-state index is -0.311. The zero-order chi connectivity index (χ0) is 23.2. The summed E-state index contributed by atoms with van der Waals surface area (Å²) in [6.07, 6.45) is 3.07. The van der Waals surface area contributed by atoms with Crippen molar-refractivity contribution in [3.63, 3.8) is 0 Å². The van der Waals surface area contributed by atoms with Crippen LogP contribution in [0.5, 0.6) is 5.75 Å². The van der Waals surface area contributed by atoms with Gasteiger partial charge < -0.3 is 14.8 Å². The average Bonchev–Trinajstić information content (AvgIpc) is 3.18. The highest BCUT2D eigenvalue weighted by Gasteiger charge is 2.31. The first-order valence-electron chi connectivity index (χ1n) is 10.8. The lowest BCUT2D eigenvalue weighted by Crippen LogP contribution is -2.35. The summed E-state index contributed by atoms with van der Waals surface area (Å²) in [5, 5.41) is 3.64. The maximum absolute atomic E-state index is 13.1. The van der Waals surface area contributed by atoms with Gasteiger partial charge in [0.25, 0.3) is 5.56 Å². The number of amides is 1. The highest BCUT2D eigenvalue weighted by molar-refractivity contribution is 7.25. The lowest BCUT2D eigenvalue weighted by molar-refractivity contribution is -0.116. The number of nitrogens with one attached hydrogen (secondary N) is 1. The summed E-state index contributed by atoms with van der Waals surface area (Å²) in [5.74, 6) is 0.388. The topological polar surface area (TPSA) is 95.3 Å². The second-order valence-corrected chi connectivity index (χ2v) is 9.45. The molecule has 0 aliphatic carbocycles. The number of thiophene rings is 1. The number of aromatic nitrogens is 3. The summed E-state index contributed by atoms with van der Waals surface area (Å²) in [6.45, 7) is 4.58. The van der Waals surface area contributed by atoms with E-state index in [4.69, 9.17) is 14.5 Å². The molecule has 9 heteroatoms. The lowest BCUT2D eigenvalue weighted by Gasteiger charge is -2.33. The molecule has 1 amide bonds. The first kappa shape index (κ1) is 21.5. The molecule has 170 valence electrons. The fourth-order valence-electron chi connectivity index (χ4n) is 3.98. The molecule has 0 saturated carbocycles. The largest absolute Gasteiger partial charge is 0.497 e. The van der Waals surface area contributed by atoms with Gasteiger partial charge in [0.15, 0.2) is 0 Å². The molecule has 1 aliphatic heterocycles. The quantitative estimate of drug-likeness (QED) is 0.481. The highest BCUT2D eigenvalue weighted by atomic mass is 32.1. The van der Waals surface area contributed by atoms with E-state index >= 15 is 0 Å². The van der Waals surface area contributed by atoms with E-state index < -0.39 is 0 Å². The molecule has 4 aromatic rings. The van der Waals surface area contributed by atoms with E-state index in [9.17, 15) is 9.59 Å². The van der Waals surface area contributed by atoms with E-state index in [1.165, 1.54) is 22.2 Å². The number of methoxy groups -OCH3 is 1. The third-order valence-corrected chi connectivity index (χ3v) is 7.24. The van der Waals surface area contributed by atoms with Gasteiger partial charge in [-0.3, -0.25) is 14.2 Å². The molecule has 8 nitrogen and oxygen atoms in total. The molecule has 1 aromatic carbocycles. The number of benzene rings is 1. The smallest absolute Gasteiger partial charge is 0.271 e. The van der Waals surface area contributed by atoms with Crippen LogP contribution in [0.4, 0.5) is 5.69 Å². The van der Waals surface area contributed by atoms with Crippen LogP contribution in [0.25, 0.3) is 20.4 Å². The van der Waals surface area contributed by atoms with Crippen molar-refractivity contribution in [1.82, 2.24) is 14.5 Å². The van der Waals surface area contributed by atoms with Gasteiger partial charge in [-0.1, -0.05) is 6.92 Å². The maximum atomic E-state index is 13.1. The number of carbonyl (C=O) groups excluding carboxylic acids is 1. The van der Waals surface area contributed by atoms with Crippen molar-refractivity contribution in [2.24, 2.45) is 0 Å². The van der Waals surface area contributed by atoms with Crippen LogP contribution in [-0.2, 0) is 29.1 Å². The first-order valence-corrected chi connectivity index (χ1v) is 11.6. The predicted octanol–water partition coefficient (Wildman–Crippen LogP) is 3.89. The van der Waals surface area contributed by atoms with Crippen LogP contribution in [0.2, 0.25) is 0 Å². The van der Waals surface area contributed by atoms with Gasteiger partial charge >= 0.3 is 0 Å². The van der Waals surface area contributed by atoms with Gasteiger partial charge in [-0.2, -0.15) is 0 Å². The molecule has 1 atom stereocenters. The van der Waals surface area contributed by atoms with E-state index in [0.717, 1.165) is 34.3 Å². The van der Waals surface area contributed by atoms with Crippen molar-refractivity contribution in [1.29, 1.82) is 0 Å². The normalized spacial score (nSPS) is 17.8. The molecule has 0 radical (unpaired) electrons. The average molecular weight is 465 g/mol. The Bertz CT molecular complexity index is 1430. The Balaban J connectivity index is 1.44. The Morgan fingerprint density at radius 2 is 2.12 bits per heavy atom. The number of rotatable bonds is 5. The van der Waals surface area contributed by atoms with Gasteiger partial charge in [0.05, 0.1) is 36.9 Å². The van der Waals surface area contributed by atoms with Gasteiger partial charge in [-0.25, -0.2) is 9.97 Å². The van der Waals surface area contributed by atoms with Gasteiger partial charge in [-0.05, 0) is 43.7 Å². The Hall–Kier alpha value is -3.30. The van der Waals surface area contributed by atoms with Gasteiger partial charge in [0, 0.05) is 23.1 Å². The van der Waals surface area contributed by atoms with E-state index in [0.29, 0.717) is 28.3 Å². The third-order valence-electron chi connectivity index (χ3n) is 6.16. The molecule has 0 spiro atoms. The summed E-state index contributed by atoms with van der Waals surface area (Å²) in [6, 6.07) is 9.04. The monoisotopic (exact) mass is 464 g/mol. The van der Waals surface area contributed by atoms with Crippen LogP contribution in [0.15, 0.2) is 41.5 Å². The Kier molecular flexibility index (Phi) is 5.38. The molecular weight excluding hydrogens is 440 g/mol. The standard InChI is InChI=1S/C24H24N4O4S/c1-4-24(2)10-18-14(12-32-24)9-17-20-21(33-22(17)27-18)23(30)28(13-25-20)11-19(29)26-15-5-7-16(31-3)8-6-15/h5-9,13H,4,10-12H2,1-3H3,(H,26,29). The van der Waals surface area contributed by atoms with Crippen molar-refractivity contribution < 1.29 is 14.3 Å². The number of fused-ring (bicyclic) bond motifs is 4. The molecule has 3 aromatic heterocycles. The van der Waals surface area contributed by atoms with E-state index in [1.807, 2.05) is 6.07 Å². The Labute approximate surface area is 194 Å². The molecule has 1 aliphatic rings. The van der Waals surface area contributed by atoms with E-state index in [1.54, 1.807) is 31.4 Å². The molecule has 4 heterocycles. The lowest BCUT2D eigenvalue weighted by atomic mass is 9.91. The van der Waals surface area contributed by atoms with Gasteiger partial charge in [-0.15, -0.1) is 11.3 Å². The second kappa shape index (κ2) is 8.24. The zero-order valence-electron chi connectivity index (χ0n) is 18.7. The van der Waals surface area contributed by atoms with Crippen molar-refractivity contribution in [2.75, 3.05) is 12.4 Å². The third kappa shape index (κ3) is 3.98. The molecule has 5 rings (SSSR count). The fraction of sp³-hybridized carbons (Fsp3) is 0.333. The number of ether oxygens (including phenoxy) is 2. The number of hydrogen-bond donors (Lipinski definition) is 1. The zero-order valence-corrected chi connectivity index (χ0v) is 19.5. The van der Waals surface area contributed by atoms with Crippen molar-refractivity contribution in [2.45, 2.75) is 45.4 Å². The number of carbonyl (C=O) groups is 1. The molecule has 1 unspecified atom stereocenters. The summed E-state index contributed by atoms with van der Waals surface area (Å²) >= 11 is 1.32. The van der Waals surface area contributed by atoms with Crippen LogP contribution < -0.4 is 15.6 Å². The number of pyridine rings is 1. The predicted molar refractivity (Wildman–Crippen MR) is 128 cm³/mol. The van der Waals surface area contributed by atoms with Gasteiger partial charge in [0.1, 0.15) is 21.8 Å². The second-order valence-electron chi connectivity index (χ2n) is 8.45. The van der Waals surface area contributed by atoms with Crippen LogP contribution in [0.3, 0.4) is 0 Å². The van der Waals surface area contributed by atoms with Gasteiger partial charge in [0.2, 0.25) is 5.91 Å². The SMILES string of the molecule is CCC1(C)Cc2nc3sc4c(=O)n(CC(=O)Nc5ccc(OC)cc5)cnc4c3cc2CO1. The summed E-state index contributed by atoms with van der Waals surface area (Å²) in [4.78, 5) is 35.8. The van der Waals surface area contributed by atoms with E-state index in [-0.39, 0.29) is 23.6 Å². The minimum absolute atomic E-state index is 0.130. The Morgan fingerprint density at radius 1 is 1.33 bits per heavy atom. The summed E-state index contributed by atoms with van der Waals surface area (Å²) < 4.78 is 13.0. The highest BCUT2D eigenvalue weighted by Crippen LogP contribution is 2.35. The van der Waals surface area contributed by atoms with Crippen LogP contribution >= 0.6 is 11.3 Å². The maximum Gasteiger partial charge on any atom is 0.271 e. The van der Waals surface area contributed by atoms with Crippen molar-refractivity contribution >= 4 is 43.4 Å². The number of nitrogens with zero attached hydrogens (tertiary/aromatic N) is 3. The molecule has 1 N–H and O–H groups in total. The van der Waals surface area contributed by atoms with Crippen LogP contribution in [0, 0.1) is 0 Å². The molecule has 0 fully saturated rings. The molecule has 0 bridgehead atoms. The first-order chi connectivity index (χ1) is 15.9. The van der Waals surface area contributed by atoms with Crippen molar-refractivity contribution in [3.8, 4) is 5.75 Å². The van der Waals surface area contributed by atoms with E-state index in [2.05, 4.69) is 24.1 Å². The molecular formula is C24H24N4O4S. The minimum Gasteiger partial charge on any atom is -0.497 e.